The molecule has 1 aliphatic heterocycles. The number of aryl methyl sites for hydroxylation is 2. The Kier molecular flexibility index (Phi) is 8.50. The molecule has 0 atom stereocenters. The molecule has 0 saturated carbocycles. The molecule has 164 valence electrons. The maximum absolute atomic E-state index is 13.3. The summed E-state index contributed by atoms with van der Waals surface area (Å²) in [5, 5.41) is 0. The third kappa shape index (κ3) is 5.86. The van der Waals surface area contributed by atoms with Gasteiger partial charge in [-0.1, -0.05) is 67.4 Å². The second-order valence-electron chi connectivity index (χ2n) is 7.88. The van der Waals surface area contributed by atoms with E-state index in [0.717, 1.165) is 41.7 Å². The van der Waals surface area contributed by atoms with Crippen molar-refractivity contribution in [2.24, 2.45) is 0 Å². The van der Waals surface area contributed by atoms with Crippen molar-refractivity contribution in [2.45, 2.75) is 45.8 Å². The van der Waals surface area contributed by atoms with E-state index < -0.39 is 0 Å². The van der Waals surface area contributed by atoms with Gasteiger partial charge in [0, 0.05) is 25.5 Å². The van der Waals surface area contributed by atoms with Crippen molar-refractivity contribution in [3.05, 3.63) is 75.7 Å². The largest absolute Gasteiger partial charge is 0.381 e. The van der Waals surface area contributed by atoms with Gasteiger partial charge in [0.15, 0.2) is 0 Å². The Labute approximate surface area is 189 Å². The SMILES string of the molecule is CCCCOCCCN1C(=O)C(SCc2ccccc2)=C(c2ccc(C)cc2C)C1=O. The number of carbonyl (C=O) groups is 2. The van der Waals surface area contributed by atoms with Gasteiger partial charge in [0.1, 0.15) is 0 Å². The molecule has 2 amide bonds. The van der Waals surface area contributed by atoms with E-state index in [-0.39, 0.29) is 11.8 Å². The summed E-state index contributed by atoms with van der Waals surface area (Å²) < 4.78 is 5.61. The first-order chi connectivity index (χ1) is 15.0. The Bertz CT molecular complexity index is 952. The fourth-order valence-corrected chi connectivity index (χ4v) is 4.70. The molecule has 31 heavy (non-hydrogen) atoms. The third-order valence-corrected chi connectivity index (χ3v) is 6.46. The molecule has 1 aliphatic rings. The van der Waals surface area contributed by atoms with Crippen molar-refractivity contribution in [3.63, 3.8) is 0 Å². The number of carbonyl (C=O) groups excluding carboxylic acids is 2. The van der Waals surface area contributed by atoms with Crippen LogP contribution >= 0.6 is 11.8 Å². The predicted octanol–water partition coefficient (Wildman–Crippen LogP) is 5.52. The normalized spacial score (nSPS) is 14.1. The molecule has 0 radical (unpaired) electrons. The highest BCUT2D eigenvalue weighted by atomic mass is 32.2. The summed E-state index contributed by atoms with van der Waals surface area (Å²) in [5.74, 6) is 0.271. The smallest absolute Gasteiger partial charge is 0.267 e. The number of hydrogen-bond donors (Lipinski definition) is 0. The number of rotatable bonds is 11. The van der Waals surface area contributed by atoms with E-state index in [9.17, 15) is 9.59 Å². The summed E-state index contributed by atoms with van der Waals surface area (Å²) >= 11 is 1.46. The number of thioether (sulfide) groups is 1. The number of benzene rings is 2. The lowest BCUT2D eigenvalue weighted by atomic mass is 9.99. The molecular formula is C26H31NO3S. The molecule has 5 heteroatoms. The van der Waals surface area contributed by atoms with Crippen molar-refractivity contribution >= 4 is 29.1 Å². The fraction of sp³-hybridized carbons (Fsp3) is 0.385. The predicted molar refractivity (Wildman–Crippen MR) is 128 cm³/mol. The molecule has 0 bridgehead atoms. The summed E-state index contributed by atoms with van der Waals surface area (Å²) in [5.41, 5.74) is 4.66. The molecule has 2 aromatic carbocycles. The van der Waals surface area contributed by atoms with Gasteiger partial charge >= 0.3 is 0 Å². The number of hydrogen-bond acceptors (Lipinski definition) is 4. The van der Waals surface area contributed by atoms with E-state index in [1.54, 1.807) is 0 Å². The highest BCUT2D eigenvalue weighted by molar-refractivity contribution is 8.03. The zero-order valence-electron chi connectivity index (χ0n) is 18.6. The van der Waals surface area contributed by atoms with Gasteiger partial charge in [-0.2, -0.15) is 0 Å². The quantitative estimate of drug-likeness (QED) is 0.343. The van der Waals surface area contributed by atoms with Crippen LogP contribution < -0.4 is 0 Å². The first-order valence-electron chi connectivity index (χ1n) is 11.0. The van der Waals surface area contributed by atoms with Crippen LogP contribution in [0.15, 0.2) is 53.4 Å². The summed E-state index contributed by atoms with van der Waals surface area (Å²) in [4.78, 5) is 28.5. The van der Waals surface area contributed by atoms with Gasteiger partial charge in [0.05, 0.1) is 10.5 Å². The number of ether oxygens (including phenoxy) is 1. The van der Waals surface area contributed by atoms with E-state index in [0.29, 0.717) is 35.8 Å². The molecule has 0 spiro atoms. The number of nitrogens with zero attached hydrogens (tertiary/aromatic N) is 1. The highest BCUT2D eigenvalue weighted by Gasteiger charge is 2.39. The fourth-order valence-electron chi connectivity index (χ4n) is 3.63. The van der Waals surface area contributed by atoms with Crippen LogP contribution in [0.5, 0.6) is 0 Å². The van der Waals surface area contributed by atoms with E-state index in [1.807, 2.05) is 56.3 Å². The van der Waals surface area contributed by atoms with Crippen LogP contribution in [0.25, 0.3) is 5.57 Å². The van der Waals surface area contributed by atoms with E-state index >= 15 is 0 Å². The Hall–Kier alpha value is -2.37. The van der Waals surface area contributed by atoms with Gasteiger partial charge in [-0.25, -0.2) is 0 Å². The average Bonchev–Trinajstić information content (AvgIpc) is 2.99. The second-order valence-corrected chi connectivity index (χ2v) is 8.86. The van der Waals surface area contributed by atoms with Crippen LogP contribution in [-0.2, 0) is 20.1 Å². The molecule has 2 aromatic rings. The Morgan fingerprint density at radius 1 is 0.935 bits per heavy atom. The van der Waals surface area contributed by atoms with Crippen LogP contribution in [0.3, 0.4) is 0 Å². The zero-order chi connectivity index (χ0) is 22.2. The second kappa shape index (κ2) is 11.3. The molecule has 0 N–H and O–H groups in total. The summed E-state index contributed by atoms with van der Waals surface area (Å²) in [6, 6.07) is 16.0. The Morgan fingerprint density at radius 2 is 1.68 bits per heavy atom. The van der Waals surface area contributed by atoms with E-state index in [2.05, 4.69) is 13.0 Å². The number of amides is 2. The summed E-state index contributed by atoms with van der Waals surface area (Å²) in [6.45, 7) is 7.82. The average molecular weight is 438 g/mol. The maximum atomic E-state index is 13.3. The van der Waals surface area contributed by atoms with Crippen molar-refractivity contribution in [3.8, 4) is 0 Å². The van der Waals surface area contributed by atoms with Gasteiger partial charge in [-0.05, 0) is 43.4 Å². The molecule has 0 unspecified atom stereocenters. The monoisotopic (exact) mass is 437 g/mol. The number of imide groups is 1. The summed E-state index contributed by atoms with van der Waals surface area (Å²) in [7, 11) is 0. The van der Waals surface area contributed by atoms with Crippen LogP contribution in [0, 0.1) is 13.8 Å². The molecule has 0 aromatic heterocycles. The van der Waals surface area contributed by atoms with E-state index in [4.69, 9.17) is 4.74 Å². The van der Waals surface area contributed by atoms with Crippen LogP contribution in [-0.4, -0.2) is 36.5 Å². The van der Waals surface area contributed by atoms with Crippen molar-refractivity contribution < 1.29 is 14.3 Å². The first kappa shape index (κ1) is 23.3. The molecule has 4 nitrogen and oxygen atoms in total. The van der Waals surface area contributed by atoms with Gasteiger partial charge in [-0.15, -0.1) is 11.8 Å². The van der Waals surface area contributed by atoms with Crippen LogP contribution in [0.4, 0.5) is 0 Å². The first-order valence-corrected chi connectivity index (χ1v) is 11.9. The van der Waals surface area contributed by atoms with Gasteiger partial charge in [0.2, 0.25) is 0 Å². The molecule has 0 fully saturated rings. The minimum Gasteiger partial charge on any atom is -0.381 e. The van der Waals surface area contributed by atoms with E-state index in [1.165, 1.54) is 16.7 Å². The lowest BCUT2D eigenvalue weighted by Gasteiger charge is -2.15. The minimum absolute atomic E-state index is 0.186. The maximum Gasteiger partial charge on any atom is 0.267 e. The molecule has 0 aliphatic carbocycles. The molecule has 3 rings (SSSR count). The van der Waals surface area contributed by atoms with Crippen molar-refractivity contribution in [1.29, 1.82) is 0 Å². The van der Waals surface area contributed by atoms with Crippen LogP contribution in [0.1, 0.15) is 48.4 Å². The Morgan fingerprint density at radius 3 is 2.39 bits per heavy atom. The topological polar surface area (TPSA) is 46.6 Å². The number of unbranched alkanes of at least 4 members (excludes halogenated alkanes) is 1. The zero-order valence-corrected chi connectivity index (χ0v) is 19.5. The van der Waals surface area contributed by atoms with Gasteiger partial charge in [-0.3, -0.25) is 14.5 Å². The lowest BCUT2D eigenvalue weighted by Crippen LogP contribution is -2.33. The summed E-state index contributed by atoms with van der Waals surface area (Å²) in [6.07, 6.45) is 2.77. The lowest BCUT2D eigenvalue weighted by molar-refractivity contribution is -0.136. The van der Waals surface area contributed by atoms with Gasteiger partial charge < -0.3 is 4.74 Å². The van der Waals surface area contributed by atoms with Crippen molar-refractivity contribution in [1.82, 2.24) is 4.90 Å². The van der Waals surface area contributed by atoms with Crippen LogP contribution in [0.2, 0.25) is 0 Å². The highest BCUT2D eigenvalue weighted by Crippen LogP contribution is 2.38. The minimum atomic E-state index is -0.193. The Balaban J connectivity index is 1.80. The van der Waals surface area contributed by atoms with Crippen molar-refractivity contribution in [2.75, 3.05) is 19.8 Å². The molecular weight excluding hydrogens is 406 g/mol. The van der Waals surface area contributed by atoms with Gasteiger partial charge in [0.25, 0.3) is 11.8 Å². The molecule has 0 saturated heterocycles. The standard InChI is InChI=1S/C26H31NO3S/c1-4-5-15-30-16-9-14-27-25(28)23(22-13-12-19(2)17-20(22)3)24(26(27)29)31-18-21-10-7-6-8-11-21/h6-8,10-13,17H,4-5,9,14-16,18H2,1-3H3. The molecule has 1 heterocycles. The third-order valence-electron chi connectivity index (χ3n) is 5.32.